The number of nitrogens with zero attached hydrogens (tertiary/aromatic N) is 1. The zero-order valence-corrected chi connectivity index (χ0v) is 16.5. The maximum absolute atomic E-state index is 12.9. The zero-order valence-electron chi connectivity index (χ0n) is 14.9. The number of sulfonamides is 1. The molecule has 2 aromatic rings. The molecule has 0 aliphatic carbocycles. The van der Waals surface area contributed by atoms with Gasteiger partial charge in [-0.05, 0) is 42.3 Å². The number of aryl methyl sites for hydroxylation is 1. The number of carbonyl (C=O) groups excluding carboxylic acids is 1. The molecule has 1 aliphatic rings. The predicted molar refractivity (Wildman–Crippen MR) is 105 cm³/mol. The molecule has 0 atom stereocenters. The average Bonchev–Trinajstić information content (AvgIpc) is 2.64. The molecule has 0 saturated carbocycles. The molecule has 1 saturated heterocycles. The summed E-state index contributed by atoms with van der Waals surface area (Å²) in [6.45, 7) is 3.16. The topological polar surface area (TPSA) is 75.7 Å². The van der Waals surface area contributed by atoms with Crippen LogP contribution in [0.25, 0.3) is 0 Å². The van der Waals surface area contributed by atoms with Crippen molar-refractivity contribution in [2.75, 3.05) is 31.6 Å². The SMILES string of the molecule is Cc1ccc(NC(=O)Cc2cccc(Cl)c2)cc1S(=O)(=O)N1CCOCC1. The number of hydrogen-bond acceptors (Lipinski definition) is 4. The number of halogens is 1. The second kappa shape index (κ2) is 8.39. The second-order valence-electron chi connectivity index (χ2n) is 6.35. The molecule has 1 aliphatic heterocycles. The Morgan fingerprint density at radius 1 is 1.19 bits per heavy atom. The highest BCUT2D eigenvalue weighted by atomic mass is 35.5. The first-order chi connectivity index (χ1) is 12.9. The minimum Gasteiger partial charge on any atom is -0.379 e. The lowest BCUT2D eigenvalue weighted by atomic mass is 10.1. The van der Waals surface area contributed by atoms with Gasteiger partial charge in [0.1, 0.15) is 0 Å². The van der Waals surface area contributed by atoms with Gasteiger partial charge in [0.2, 0.25) is 15.9 Å². The number of nitrogens with one attached hydrogen (secondary N) is 1. The van der Waals surface area contributed by atoms with E-state index in [0.29, 0.717) is 42.6 Å². The molecule has 0 bridgehead atoms. The van der Waals surface area contributed by atoms with Gasteiger partial charge in [-0.1, -0.05) is 29.8 Å². The van der Waals surface area contributed by atoms with Crippen molar-refractivity contribution in [2.45, 2.75) is 18.2 Å². The number of hydrogen-bond donors (Lipinski definition) is 1. The molecule has 0 aromatic heterocycles. The van der Waals surface area contributed by atoms with Gasteiger partial charge in [-0.2, -0.15) is 4.31 Å². The first kappa shape index (κ1) is 19.8. The highest BCUT2D eigenvalue weighted by Gasteiger charge is 2.28. The van der Waals surface area contributed by atoms with Crippen LogP contribution in [0.4, 0.5) is 5.69 Å². The molecule has 27 heavy (non-hydrogen) atoms. The third-order valence-corrected chi connectivity index (χ3v) is 6.59. The van der Waals surface area contributed by atoms with Crippen molar-refractivity contribution >= 4 is 33.2 Å². The van der Waals surface area contributed by atoms with Crippen molar-refractivity contribution in [2.24, 2.45) is 0 Å². The van der Waals surface area contributed by atoms with E-state index < -0.39 is 10.0 Å². The summed E-state index contributed by atoms with van der Waals surface area (Å²) in [5.41, 5.74) is 1.86. The van der Waals surface area contributed by atoms with Gasteiger partial charge in [-0.15, -0.1) is 0 Å². The van der Waals surface area contributed by atoms with E-state index in [9.17, 15) is 13.2 Å². The van der Waals surface area contributed by atoms with Gasteiger partial charge in [-0.25, -0.2) is 8.42 Å². The Morgan fingerprint density at radius 3 is 2.63 bits per heavy atom. The minimum absolute atomic E-state index is 0.153. The van der Waals surface area contributed by atoms with Crippen molar-refractivity contribution in [1.82, 2.24) is 4.31 Å². The summed E-state index contributed by atoms with van der Waals surface area (Å²) in [7, 11) is -3.63. The number of carbonyl (C=O) groups is 1. The summed E-state index contributed by atoms with van der Waals surface area (Å²) < 4.78 is 32.5. The van der Waals surface area contributed by atoms with E-state index >= 15 is 0 Å². The lowest BCUT2D eigenvalue weighted by Gasteiger charge is -2.26. The fraction of sp³-hybridized carbons (Fsp3) is 0.316. The van der Waals surface area contributed by atoms with E-state index in [1.165, 1.54) is 10.4 Å². The van der Waals surface area contributed by atoms with Crippen molar-refractivity contribution < 1.29 is 17.9 Å². The van der Waals surface area contributed by atoms with Crippen LogP contribution in [-0.4, -0.2) is 44.9 Å². The van der Waals surface area contributed by atoms with Crippen LogP contribution in [0.5, 0.6) is 0 Å². The van der Waals surface area contributed by atoms with E-state index in [-0.39, 0.29) is 17.2 Å². The Hall–Kier alpha value is -1.93. The largest absolute Gasteiger partial charge is 0.379 e. The molecular weight excluding hydrogens is 388 g/mol. The van der Waals surface area contributed by atoms with Crippen molar-refractivity contribution in [3.8, 4) is 0 Å². The van der Waals surface area contributed by atoms with Crippen LogP contribution in [0, 0.1) is 6.92 Å². The van der Waals surface area contributed by atoms with Gasteiger partial charge < -0.3 is 10.1 Å². The van der Waals surface area contributed by atoms with Gasteiger partial charge in [0.15, 0.2) is 0 Å². The van der Waals surface area contributed by atoms with Crippen LogP contribution in [-0.2, 0) is 26.0 Å². The first-order valence-corrected chi connectivity index (χ1v) is 10.4. The van der Waals surface area contributed by atoms with Gasteiger partial charge >= 0.3 is 0 Å². The molecule has 0 unspecified atom stereocenters. The summed E-state index contributed by atoms with van der Waals surface area (Å²) in [5.74, 6) is -0.240. The van der Waals surface area contributed by atoms with E-state index in [4.69, 9.17) is 16.3 Å². The summed E-state index contributed by atoms with van der Waals surface area (Å²) in [6.07, 6.45) is 0.153. The molecule has 1 amide bonds. The molecule has 0 radical (unpaired) electrons. The molecule has 1 fully saturated rings. The first-order valence-electron chi connectivity index (χ1n) is 8.59. The lowest BCUT2D eigenvalue weighted by Crippen LogP contribution is -2.40. The summed E-state index contributed by atoms with van der Waals surface area (Å²) in [6, 6.07) is 12.0. The average molecular weight is 409 g/mol. The van der Waals surface area contributed by atoms with Gasteiger partial charge in [0.25, 0.3) is 0 Å². The van der Waals surface area contributed by atoms with Crippen LogP contribution in [0.1, 0.15) is 11.1 Å². The van der Waals surface area contributed by atoms with Crippen LogP contribution in [0.3, 0.4) is 0 Å². The Balaban J connectivity index is 1.77. The molecule has 8 heteroatoms. The second-order valence-corrected chi connectivity index (χ2v) is 8.69. The zero-order chi connectivity index (χ0) is 19.4. The van der Waals surface area contributed by atoms with Crippen molar-refractivity contribution in [3.05, 3.63) is 58.6 Å². The number of morpholine rings is 1. The maximum Gasteiger partial charge on any atom is 0.243 e. The molecular formula is C19H21ClN2O4S. The maximum atomic E-state index is 12.9. The third kappa shape index (κ3) is 4.87. The number of ether oxygens (including phenoxy) is 1. The van der Waals surface area contributed by atoms with E-state index in [2.05, 4.69) is 5.32 Å². The van der Waals surface area contributed by atoms with Crippen LogP contribution in [0.15, 0.2) is 47.4 Å². The fourth-order valence-electron chi connectivity index (χ4n) is 2.92. The van der Waals surface area contributed by atoms with E-state index in [1.807, 2.05) is 6.07 Å². The van der Waals surface area contributed by atoms with Gasteiger partial charge in [0.05, 0.1) is 24.5 Å². The molecule has 2 aromatic carbocycles. The Kier molecular flexibility index (Phi) is 6.16. The van der Waals surface area contributed by atoms with Crippen LogP contribution >= 0.6 is 11.6 Å². The summed E-state index contributed by atoms with van der Waals surface area (Å²) in [5, 5.41) is 3.33. The number of amides is 1. The van der Waals surface area contributed by atoms with Crippen molar-refractivity contribution in [1.29, 1.82) is 0 Å². The Labute approximate surface area is 164 Å². The Bertz CT molecular complexity index is 940. The molecule has 0 spiro atoms. The molecule has 1 N–H and O–H groups in total. The minimum atomic E-state index is -3.63. The molecule has 6 nitrogen and oxygen atoms in total. The molecule has 144 valence electrons. The predicted octanol–water partition coefficient (Wildman–Crippen LogP) is 2.85. The lowest BCUT2D eigenvalue weighted by molar-refractivity contribution is -0.115. The van der Waals surface area contributed by atoms with Crippen LogP contribution < -0.4 is 5.32 Å². The van der Waals surface area contributed by atoms with Gasteiger partial charge in [-0.3, -0.25) is 4.79 Å². The summed E-state index contributed by atoms with van der Waals surface area (Å²) >= 11 is 5.94. The van der Waals surface area contributed by atoms with E-state index in [0.717, 1.165) is 5.56 Å². The Morgan fingerprint density at radius 2 is 1.93 bits per heavy atom. The smallest absolute Gasteiger partial charge is 0.243 e. The number of anilines is 1. The normalized spacial score (nSPS) is 15.5. The van der Waals surface area contributed by atoms with E-state index in [1.54, 1.807) is 37.3 Å². The highest BCUT2D eigenvalue weighted by Crippen LogP contribution is 2.24. The van der Waals surface area contributed by atoms with Crippen LogP contribution in [0.2, 0.25) is 5.02 Å². The quantitative estimate of drug-likeness (QED) is 0.825. The molecule has 3 rings (SSSR count). The van der Waals surface area contributed by atoms with Gasteiger partial charge in [0, 0.05) is 23.8 Å². The monoisotopic (exact) mass is 408 g/mol. The summed E-state index contributed by atoms with van der Waals surface area (Å²) in [4.78, 5) is 12.5. The fourth-order valence-corrected chi connectivity index (χ4v) is 4.79. The number of rotatable bonds is 5. The standard InChI is InChI=1S/C19H21ClN2O4S/c1-14-5-6-17(21-19(23)12-15-3-2-4-16(20)11-15)13-18(14)27(24,25)22-7-9-26-10-8-22/h2-6,11,13H,7-10,12H2,1H3,(H,21,23). The number of benzene rings is 2. The molecule has 1 heterocycles. The van der Waals surface area contributed by atoms with Crippen molar-refractivity contribution in [3.63, 3.8) is 0 Å². The highest BCUT2D eigenvalue weighted by molar-refractivity contribution is 7.89. The third-order valence-electron chi connectivity index (χ3n) is 4.31.